The number of alkyl halides is 3. The average molecular weight is 447 g/mol. The summed E-state index contributed by atoms with van der Waals surface area (Å²) in [7, 11) is 1.56. The second-order valence-corrected chi connectivity index (χ2v) is 7.26. The van der Waals surface area contributed by atoms with Gasteiger partial charge in [0.2, 0.25) is 0 Å². The molecule has 4 rings (SSSR count). The van der Waals surface area contributed by atoms with E-state index in [2.05, 4.69) is 25.8 Å². The van der Waals surface area contributed by atoms with Crippen LogP contribution in [0, 0.1) is 0 Å². The van der Waals surface area contributed by atoms with Gasteiger partial charge in [-0.2, -0.15) is 13.2 Å². The van der Waals surface area contributed by atoms with Crippen molar-refractivity contribution >= 4 is 17.3 Å². The topological polar surface area (TPSA) is 79.1 Å². The summed E-state index contributed by atoms with van der Waals surface area (Å²) in [4.78, 5) is 6.00. The van der Waals surface area contributed by atoms with Crippen LogP contribution in [0.25, 0.3) is 5.65 Å². The summed E-state index contributed by atoms with van der Waals surface area (Å²) in [6, 6.07) is 10.0. The van der Waals surface area contributed by atoms with Crippen LogP contribution in [0.15, 0.2) is 47.6 Å². The fourth-order valence-corrected chi connectivity index (χ4v) is 3.57. The van der Waals surface area contributed by atoms with E-state index in [0.29, 0.717) is 56.0 Å². The number of morpholine rings is 1. The third kappa shape index (κ3) is 4.93. The van der Waals surface area contributed by atoms with Gasteiger partial charge in [-0.1, -0.05) is 12.1 Å². The van der Waals surface area contributed by atoms with E-state index in [1.165, 1.54) is 12.1 Å². The van der Waals surface area contributed by atoms with E-state index in [-0.39, 0.29) is 12.1 Å². The summed E-state index contributed by atoms with van der Waals surface area (Å²) < 4.78 is 48.4. The van der Waals surface area contributed by atoms with Gasteiger partial charge in [0, 0.05) is 38.6 Å². The lowest BCUT2D eigenvalue weighted by Gasteiger charge is -2.29. The first kappa shape index (κ1) is 21.9. The SMILES string of the molecule is CN=C(NCc1ccc(N2CCOCC2)cc1C(F)(F)F)NCc1nnc2ccccn12. The number of aromatic nitrogens is 3. The van der Waals surface area contributed by atoms with Crippen LogP contribution in [0.1, 0.15) is 17.0 Å². The number of hydrogen-bond donors (Lipinski definition) is 2. The molecule has 1 aliphatic rings. The molecule has 2 aromatic heterocycles. The number of nitrogens with zero attached hydrogens (tertiary/aromatic N) is 5. The predicted molar refractivity (Wildman–Crippen MR) is 115 cm³/mol. The Morgan fingerprint density at radius 2 is 1.88 bits per heavy atom. The minimum absolute atomic E-state index is 0.0293. The maximum absolute atomic E-state index is 13.7. The van der Waals surface area contributed by atoms with E-state index in [4.69, 9.17) is 4.74 Å². The van der Waals surface area contributed by atoms with E-state index >= 15 is 0 Å². The van der Waals surface area contributed by atoms with Gasteiger partial charge in [-0.3, -0.25) is 9.39 Å². The van der Waals surface area contributed by atoms with Crippen molar-refractivity contribution in [3.63, 3.8) is 0 Å². The summed E-state index contributed by atoms with van der Waals surface area (Å²) in [6.07, 6.45) is -2.62. The number of anilines is 1. The molecule has 2 N–H and O–H groups in total. The number of hydrogen-bond acceptors (Lipinski definition) is 5. The zero-order valence-electron chi connectivity index (χ0n) is 17.6. The number of ether oxygens (including phenoxy) is 1. The molecule has 1 fully saturated rings. The molecule has 0 aliphatic carbocycles. The lowest BCUT2D eigenvalue weighted by atomic mass is 10.0. The van der Waals surface area contributed by atoms with Gasteiger partial charge < -0.3 is 20.3 Å². The number of benzene rings is 1. The molecule has 32 heavy (non-hydrogen) atoms. The lowest BCUT2D eigenvalue weighted by Crippen LogP contribution is -2.37. The zero-order valence-corrected chi connectivity index (χ0v) is 17.6. The maximum atomic E-state index is 13.7. The van der Waals surface area contributed by atoms with E-state index in [1.807, 2.05) is 33.7 Å². The maximum Gasteiger partial charge on any atom is 0.416 e. The van der Waals surface area contributed by atoms with Crippen molar-refractivity contribution in [2.24, 2.45) is 4.99 Å². The molecule has 0 saturated carbocycles. The predicted octanol–water partition coefficient (Wildman–Crippen LogP) is 2.45. The van der Waals surface area contributed by atoms with Crippen LogP contribution in [-0.4, -0.2) is 53.9 Å². The first-order chi connectivity index (χ1) is 15.5. The van der Waals surface area contributed by atoms with Crippen molar-refractivity contribution < 1.29 is 17.9 Å². The normalized spacial score (nSPS) is 15.2. The van der Waals surface area contributed by atoms with E-state index in [1.54, 1.807) is 13.1 Å². The van der Waals surface area contributed by atoms with Gasteiger partial charge in [0.25, 0.3) is 0 Å². The number of aliphatic imine (C=N–C) groups is 1. The van der Waals surface area contributed by atoms with Gasteiger partial charge in [0.05, 0.1) is 25.3 Å². The Labute approximate surface area is 183 Å². The summed E-state index contributed by atoms with van der Waals surface area (Å²) in [5.41, 5.74) is 0.742. The Hall–Kier alpha value is -3.34. The van der Waals surface area contributed by atoms with Gasteiger partial charge >= 0.3 is 6.18 Å². The molecule has 0 radical (unpaired) electrons. The van der Waals surface area contributed by atoms with Crippen LogP contribution in [0.4, 0.5) is 18.9 Å². The summed E-state index contributed by atoms with van der Waals surface area (Å²) in [5, 5.41) is 14.2. The molecule has 170 valence electrons. The Balaban J connectivity index is 1.44. The highest BCUT2D eigenvalue weighted by Gasteiger charge is 2.34. The van der Waals surface area contributed by atoms with Crippen molar-refractivity contribution in [2.45, 2.75) is 19.3 Å². The van der Waals surface area contributed by atoms with Crippen LogP contribution >= 0.6 is 0 Å². The van der Waals surface area contributed by atoms with Crippen molar-refractivity contribution in [2.75, 3.05) is 38.3 Å². The molecule has 1 aromatic carbocycles. The summed E-state index contributed by atoms with van der Waals surface area (Å²) in [5.74, 6) is 1.03. The average Bonchev–Trinajstić information content (AvgIpc) is 3.22. The highest BCUT2D eigenvalue weighted by Crippen LogP contribution is 2.35. The molecule has 0 amide bonds. The largest absolute Gasteiger partial charge is 0.416 e. The van der Waals surface area contributed by atoms with Crippen molar-refractivity contribution in [3.05, 3.63) is 59.5 Å². The number of fused-ring (bicyclic) bond motifs is 1. The summed E-state index contributed by atoms with van der Waals surface area (Å²) in [6.45, 7) is 2.44. The van der Waals surface area contributed by atoms with Crippen molar-refractivity contribution in [3.8, 4) is 0 Å². The Bertz CT molecular complexity index is 1090. The van der Waals surface area contributed by atoms with Crippen LogP contribution in [0.2, 0.25) is 0 Å². The Kier molecular flexibility index (Phi) is 6.45. The summed E-state index contributed by atoms with van der Waals surface area (Å²) >= 11 is 0. The zero-order chi connectivity index (χ0) is 22.6. The van der Waals surface area contributed by atoms with Crippen LogP contribution in [0.3, 0.4) is 0 Å². The van der Waals surface area contributed by atoms with E-state index in [0.717, 1.165) is 0 Å². The van der Waals surface area contributed by atoms with Crippen molar-refractivity contribution in [1.29, 1.82) is 0 Å². The quantitative estimate of drug-likeness (QED) is 0.462. The van der Waals surface area contributed by atoms with Gasteiger partial charge in [-0.15, -0.1) is 10.2 Å². The molecule has 0 spiro atoms. The van der Waals surface area contributed by atoms with Gasteiger partial charge in [0.15, 0.2) is 17.4 Å². The molecular weight excluding hydrogens is 423 g/mol. The smallest absolute Gasteiger partial charge is 0.378 e. The number of guanidine groups is 1. The fourth-order valence-electron chi connectivity index (χ4n) is 3.57. The Morgan fingerprint density at radius 3 is 2.62 bits per heavy atom. The number of nitrogens with one attached hydrogen (secondary N) is 2. The Morgan fingerprint density at radius 1 is 1.09 bits per heavy atom. The molecule has 11 heteroatoms. The molecule has 1 saturated heterocycles. The van der Waals surface area contributed by atoms with Gasteiger partial charge in [-0.05, 0) is 29.8 Å². The molecule has 8 nitrogen and oxygen atoms in total. The standard InChI is InChI=1S/C21H24F3N7O/c1-25-20(27-14-19-29-28-18-4-2-3-7-31(18)19)26-13-15-5-6-16(12-17(15)21(22,23)24)30-8-10-32-11-9-30/h2-7,12H,8-11,13-14H2,1H3,(H2,25,26,27). The van der Waals surface area contributed by atoms with Crippen LogP contribution in [-0.2, 0) is 24.0 Å². The lowest BCUT2D eigenvalue weighted by molar-refractivity contribution is -0.138. The first-order valence-corrected chi connectivity index (χ1v) is 10.2. The molecule has 3 aromatic rings. The highest BCUT2D eigenvalue weighted by atomic mass is 19.4. The molecule has 3 heterocycles. The van der Waals surface area contributed by atoms with Crippen LogP contribution in [0.5, 0.6) is 0 Å². The molecular formula is C21H24F3N7O. The third-order valence-corrected chi connectivity index (χ3v) is 5.24. The minimum atomic E-state index is -4.46. The van der Waals surface area contributed by atoms with Crippen molar-refractivity contribution in [1.82, 2.24) is 25.2 Å². The number of halogens is 3. The van der Waals surface area contributed by atoms with Gasteiger partial charge in [0.1, 0.15) is 0 Å². The van der Waals surface area contributed by atoms with E-state index < -0.39 is 11.7 Å². The molecule has 1 aliphatic heterocycles. The van der Waals surface area contributed by atoms with Crippen LogP contribution < -0.4 is 15.5 Å². The fraction of sp³-hybridized carbons (Fsp3) is 0.381. The number of pyridine rings is 1. The second-order valence-electron chi connectivity index (χ2n) is 7.26. The molecule has 0 bridgehead atoms. The van der Waals surface area contributed by atoms with E-state index in [9.17, 15) is 13.2 Å². The molecule has 0 atom stereocenters. The third-order valence-electron chi connectivity index (χ3n) is 5.24. The van der Waals surface area contributed by atoms with Gasteiger partial charge in [-0.25, -0.2) is 0 Å². The monoisotopic (exact) mass is 447 g/mol. The minimum Gasteiger partial charge on any atom is -0.378 e. The highest BCUT2D eigenvalue weighted by molar-refractivity contribution is 5.79. The molecule has 0 unspecified atom stereocenters. The number of rotatable bonds is 5. The first-order valence-electron chi connectivity index (χ1n) is 10.2. The second kappa shape index (κ2) is 9.43.